The van der Waals surface area contributed by atoms with Gasteiger partial charge in [-0.05, 0) is 13.8 Å². The van der Waals surface area contributed by atoms with E-state index < -0.39 is 18.0 Å². The molecular formula is C11H21N3O3S. The lowest BCUT2D eigenvalue weighted by atomic mass is 10.2. The van der Waals surface area contributed by atoms with Gasteiger partial charge in [-0.2, -0.15) is 12.6 Å². The Bertz CT molecular complexity index is 323. The lowest BCUT2D eigenvalue weighted by Gasteiger charge is -2.22. The molecule has 104 valence electrons. The second-order valence-corrected chi connectivity index (χ2v) is 4.38. The Morgan fingerprint density at radius 3 is 2.22 bits per heavy atom. The van der Waals surface area contributed by atoms with Crippen LogP contribution in [0.25, 0.3) is 0 Å². The Morgan fingerprint density at radius 2 is 1.83 bits per heavy atom. The third kappa shape index (κ3) is 5.39. The van der Waals surface area contributed by atoms with Crippen LogP contribution in [0.2, 0.25) is 0 Å². The van der Waals surface area contributed by atoms with Crippen LogP contribution in [0.15, 0.2) is 0 Å². The number of carbonyl (C=O) groups is 3. The van der Waals surface area contributed by atoms with E-state index in [1.807, 2.05) is 6.92 Å². The number of nitrogens with zero attached hydrogens (tertiary/aromatic N) is 1. The summed E-state index contributed by atoms with van der Waals surface area (Å²) in [5.74, 6) is -0.721. The minimum Gasteiger partial charge on any atom is -0.344 e. The zero-order chi connectivity index (χ0) is 14.3. The van der Waals surface area contributed by atoms with E-state index >= 15 is 0 Å². The summed E-state index contributed by atoms with van der Waals surface area (Å²) in [6, 6.07) is -1.35. The van der Waals surface area contributed by atoms with Crippen molar-refractivity contribution in [2.75, 3.05) is 19.3 Å². The van der Waals surface area contributed by atoms with Gasteiger partial charge in [0.05, 0.1) is 0 Å². The zero-order valence-electron chi connectivity index (χ0n) is 11.2. The smallest absolute Gasteiger partial charge is 0.244 e. The normalized spacial score (nSPS) is 13.4. The van der Waals surface area contributed by atoms with E-state index in [1.54, 1.807) is 14.0 Å². The number of amides is 3. The average molecular weight is 275 g/mol. The molecule has 0 saturated carbocycles. The maximum absolute atomic E-state index is 11.8. The number of thiol groups is 1. The highest BCUT2D eigenvalue weighted by Gasteiger charge is 2.23. The molecule has 0 aliphatic carbocycles. The van der Waals surface area contributed by atoms with Crippen molar-refractivity contribution in [3.05, 3.63) is 0 Å². The first kappa shape index (κ1) is 16.8. The summed E-state index contributed by atoms with van der Waals surface area (Å²) in [7, 11) is 1.66. The first-order valence-corrected chi connectivity index (χ1v) is 6.40. The number of hydrogen-bond donors (Lipinski definition) is 3. The monoisotopic (exact) mass is 275 g/mol. The van der Waals surface area contributed by atoms with Crippen molar-refractivity contribution in [2.24, 2.45) is 0 Å². The van der Waals surface area contributed by atoms with Gasteiger partial charge in [0.1, 0.15) is 12.1 Å². The van der Waals surface area contributed by atoms with E-state index in [0.717, 1.165) is 0 Å². The minimum absolute atomic E-state index is 0.174. The maximum Gasteiger partial charge on any atom is 0.244 e. The Hall–Kier alpha value is -1.24. The predicted octanol–water partition coefficient (Wildman–Crippen LogP) is -0.596. The van der Waals surface area contributed by atoms with E-state index in [0.29, 0.717) is 6.54 Å². The van der Waals surface area contributed by atoms with E-state index in [4.69, 9.17) is 0 Å². The lowest BCUT2D eigenvalue weighted by Crippen LogP contribution is -2.53. The number of rotatable bonds is 6. The summed E-state index contributed by atoms with van der Waals surface area (Å²) in [5, 5.41) is 5.02. The van der Waals surface area contributed by atoms with Crippen LogP contribution in [0.3, 0.4) is 0 Å². The maximum atomic E-state index is 11.8. The standard InChI is InChI=1S/C11H21N3O3S/c1-5-14(4)11(17)7(2)12-10(16)9(6-18)13-8(3)15/h7,9,18H,5-6H2,1-4H3,(H,12,16)(H,13,15). The molecule has 0 aromatic rings. The molecule has 6 nitrogen and oxygen atoms in total. The molecule has 0 aromatic heterocycles. The molecule has 2 atom stereocenters. The summed E-state index contributed by atoms with van der Waals surface area (Å²) < 4.78 is 0. The number of likely N-dealkylation sites (N-methyl/N-ethyl adjacent to an activating group) is 1. The Balaban J connectivity index is 4.45. The summed E-state index contributed by atoms with van der Waals surface area (Å²) >= 11 is 3.99. The van der Waals surface area contributed by atoms with Crippen molar-refractivity contribution in [2.45, 2.75) is 32.9 Å². The van der Waals surface area contributed by atoms with Crippen molar-refractivity contribution in [3.8, 4) is 0 Å². The molecular weight excluding hydrogens is 254 g/mol. The molecule has 0 aromatic carbocycles. The molecule has 0 rings (SSSR count). The topological polar surface area (TPSA) is 78.5 Å². The van der Waals surface area contributed by atoms with Crippen LogP contribution in [0.4, 0.5) is 0 Å². The first-order valence-electron chi connectivity index (χ1n) is 5.76. The van der Waals surface area contributed by atoms with Gasteiger partial charge >= 0.3 is 0 Å². The number of carbonyl (C=O) groups excluding carboxylic acids is 3. The van der Waals surface area contributed by atoms with E-state index in [-0.39, 0.29) is 17.6 Å². The summed E-state index contributed by atoms with van der Waals surface area (Å²) in [4.78, 5) is 35.9. The molecule has 3 amide bonds. The average Bonchev–Trinajstić information content (AvgIpc) is 2.33. The highest BCUT2D eigenvalue weighted by Crippen LogP contribution is 1.95. The molecule has 0 radical (unpaired) electrons. The third-order valence-electron chi connectivity index (χ3n) is 2.46. The van der Waals surface area contributed by atoms with Gasteiger partial charge in [-0.15, -0.1) is 0 Å². The zero-order valence-corrected chi connectivity index (χ0v) is 12.1. The SMILES string of the molecule is CCN(C)C(=O)C(C)NC(=O)C(CS)NC(C)=O. The van der Waals surface area contributed by atoms with Crippen molar-refractivity contribution in [3.63, 3.8) is 0 Å². The van der Waals surface area contributed by atoms with E-state index in [2.05, 4.69) is 23.3 Å². The third-order valence-corrected chi connectivity index (χ3v) is 2.82. The fourth-order valence-electron chi connectivity index (χ4n) is 1.30. The molecule has 0 saturated heterocycles. The molecule has 2 unspecified atom stereocenters. The highest BCUT2D eigenvalue weighted by atomic mass is 32.1. The lowest BCUT2D eigenvalue weighted by molar-refractivity contribution is -0.135. The summed E-state index contributed by atoms with van der Waals surface area (Å²) in [6.45, 7) is 5.35. The summed E-state index contributed by atoms with van der Waals surface area (Å²) in [6.07, 6.45) is 0. The van der Waals surface area contributed by atoms with Crippen LogP contribution in [0.1, 0.15) is 20.8 Å². The van der Waals surface area contributed by atoms with Crippen LogP contribution in [-0.4, -0.2) is 54.1 Å². The van der Waals surface area contributed by atoms with E-state index in [1.165, 1.54) is 11.8 Å². The van der Waals surface area contributed by atoms with Gasteiger partial charge in [0.2, 0.25) is 17.7 Å². The van der Waals surface area contributed by atoms with Crippen LogP contribution < -0.4 is 10.6 Å². The van der Waals surface area contributed by atoms with Crippen molar-refractivity contribution < 1.29 is 14.4 Å². The Morgan fingerprint density at radius 1 is 1.28 bits per heavy atom. The molecule has 0 fully saturated rings. The van der Waals surface area contributed by atoms with Crippen molar-refractivity contribution in [1.29, 1.82) is 0 Å². The van der Waals surface area contributed by atoms with Crippen LogP contribution in [0, 0.1) is 0 Å². The van der Waals surface area contributed by atoms with Gasteiger partial charge in [-0.25, -0.2) is 0 Å². The van der Waals surface area contributed by atoms with Gasteiger partial charge in [0.15, 0.2) is 0 Å². The summed E-state index contributed by atoms with van der Waals surface area (Å²) in [5.41, 5.74) is 0. The van der Waals surface area contributed by atoms with Crippen LogP contribution >= 0.6 is 12.6 Å². The molecule has 0 heterocycles. The quantitative estimate of drug-likeness (QED) is 0.567. The predicted molar refractivity (Wildman–Crippen MR) is 72.4 cm³/mol. The molecule has 0 bridgehead atoms. The fraction of sp³-hybridized carbons (Fsp3) is 0.727. The van der Waals surface area contributed by atoms with Gasteiger partial charge in [0, 0.05) is 26.3 Å². The first-order chi connectivity index (χ1) is 8.33. The highest BCUT2D eigenvalue weighted by molar-refractivity contribution is 7.80. The van der Waals surface area contributed by atoms with Crippen LogP contribution in [0.5, 0.6) is 0 Å². The number of nitrogens with one attached hydrogen (secondary N) is 2. The molecule has 0 aliphatic rings. The Kier molecular flexibility index (Phi) is 7.42. The second-order valence-electron chi connectivity index (χ2n) is 4.02. The minimum atomic E-state index is -0.729. The van der Waals surface area contributed by atoms with Gasteiger partial charge in [0.25, 0.3) is 0 Å². The van der Waals surface area contributed by atoms with E-state index in [9.17, 15) is 14.4 Å². The number of hydrogen-bond acceptors (Lipinski definition) is 4. The van der Waals surface area contributed by atoms with Gasteiger partial charge in [-0.3, -0.25) is 14.4 Å². The molecule has 2 N–H and O–H groups in total. The van der Waals surface area contributed by atoms with Gasteiger partial charge < -0.3 is 15.5 Å². The Labute approximate surface area is 113 Å². The van der Waals surface area contributed by atoms with Crippen molar-refractivity contribution in [1.82, 2.24) is 15.5 Å². The molecule has 18 heavy (non-hydrogen) atoms. The molecule has 0 spiro atoms. The molecule has 7 heteroatoms. The fourth-order valence-corrected chi connectivity index (χ4v) is 1.56. The second kappa shape index (κ2) is 7.97. The largest absolute Gasteiger partial charge is 0.344 e. The molecule has 0 aliphatic heterocycles. The van der Waals surface area contributed by atoms with Crippen LogP contribution in [-0.2, 0) is 14.4 Å². The van der Waals surface area contributed by atoms with Crippen molar-refractivity contribution >= 4 is 30.4 Å². The van der Waals surface area contributed by atoms with Gasteiger partial charge in [-0.1, -0.05) is 0 Å².